The zero-order valence-corrected chi connectivity index (χ0v) is 22.8. The van der Waals surface area contributed by atoms with E-state index in [1.54, 1.807) is 19.1 Å². The van der Waals surface area contributed by atoms with E-state index in [1.165, 1.54) is 4.90 Å². The van der Waals surface area contributed by atoms with Crippen molar-refractivity contribution in [1.82, 2.24) is 10.2 Å². The Kier molecular flexibility index (Phi) is 10.1. The van der Waals surface area contributed by atoms with Gasteiger partial charge >= 0.3 is 0 Å². The molecule has 0 aliphatic rings. The van der Waals surface area contributed by atoms with Crippen LogP contribution in [0.1, 0.15) is 45.2 Å². The Morgan fingerprint density at radius 2 is 1.74 bits per heavy atom. The Morgan fingerprint density at radius 1 is 1.06 bits per heavy atom. The molecule has 186 valence electrons. The monoisotopic (exact) mass is 551 g/mol. The third-order valence-electron chi connectivity index (χ3n) is 5.73. The number of carbonyl (C=O) groups is 2. The lowest BCUT2D eigenvalue weighted by atomic mass is 10.1. The van der Waals surface area contributed by atoms with Crippen LogP contribution in [0.4, 0.5) is 5.69 Å². The normalized spacial score (nSPS) is 13.1. The molecule has 2 aromatic carbocycles. The molecule has 2 amide bonds. The first-order valence-electron chi connectivity index (χ1n) is 11.4. The number of carbonyl (C=O) groups excluding carboxylic acids is 2. The van der Waals surface area contributed by atoms with E-state index in [0.29, 0.717) is 12.1 Å². The van der Waals surface area contributed by atoms with Crippen molar-refractivity contribution in [3.05, 3.63) is 64.1 Å². The molecule has 2 atom stereocenters. The molecular formula is C25H34BrN3O4S. The van der Waals surface area contributed by atoms with E-state index in [0.717, 1.165) is 32.6 Å². The number of nitrogens with one attached hydrogen (secondary N) is 1. The minimum Gasteiger partial charge on any atom is -0.352 e. The van der Waals surface area contributed by atoms with Gasteiger partial charge in [-0.25, -0.2) is 8.42 Å². The third-order valence-corrected chi connectivity index (χ3v) is 7.35. The molecule has 0 fully saturated rings. The molecule has 1 N–H and O–H groups in total. The van der Waals surface area contributed by atoms with Gasteiger partial charge in [0.1, 0.15) is 12.6 Å². The zero-order chi connectivity index (χ0) is 25.5. The number of benzene rings is 2. The van der Waals surface area contributed by atoms with Crippen LogP contribution in [0.3, 0.4) is 0 Å². The van der Waals surface area contributed by atoms with E-state index in [9.17, 15) is 18.0 Å². The van der Waals surface area contributed by atoms with Crippen LogP contribution in [0.15, 0.2) is 53.0 Å². The smallest absolute Gasteiger partial charge is 0.244 e. The summed E-state index contributed by atoms with van der Waals surface area (Å²) in [5, 5.41) is 2.92. The number of aryl methyl sites for hydroxylation is 1. The molecule has 0 radical (unpaired) electrons. The van der Waals surface area contributed by atoms with Crippen LogP contribution in [0, 0.1) is 0 Å². The average molecular weight is 553 g/mol. The summed E-state index contributed by atoms with van der Waals surface area (Å²) in [6.45, 7) is 7.24. The number of hydrogen-bond acceptors (Lipinski definition) is 4. The highest BCUT2D eigenvalue weighted by Crippen LogP contribution is 2.24. The van der Waals surface area contributed by atoms with Crippen molar-refractivity contribution >= 4 is 43.5 Å². The van der Waals surface area contributed by atoms with Crippen LogP contribution in [0.2, 0.25) is 0 Å². The lowest BCUT2D eigenvalue weighted by Gasteiger charge is -2.32. The van der Waals surface area contributed by atoms with Crippen molar-refractivity contribution in [2.75, 3.05) is 17.1 Å². The molecule has 9 heteroatoms. The van der Waals surface area contributed by atoms with E-state index in [4.69, 9.17) is 0 Å². The molecule has 0 bridgehead atoms. The summed E-state index contributed by atoms with van der Waals surface area (Å²) in [7, 11) is -3.75. The molecule has 7 nitrogen and oxygen atoms in total. The lowest BCUT2D eigenvalue weighted by Crippen LogP contribution is -2.52. The second-order valence-corrected chi connectivity index (χ2v) is 11.2. The van der Waals surface area contributed by atoms with Crippen LogP contribution < -0.4 is 9.62 Å². The SMILES string of the molecule is CCc1ccccc1N(CC(=O)N(Cc1cccc(Br)c1)[C@H](C)C(=O)N[C@H](C)CC)S(C)(=O)=O. The number of rotatable bonds is 11. The Bertz CT molecular complexity index is 1110. The highest BCUT2D eigenvalue weighted by atomic mass is 79.9. The van der Waals surface area contributed by atoms with Crippen molar-refractivity contribution in [2.45, 2.75) is 59.2 Å². The van der Waals surface area contributed by atoms with Gasteiger partial charge in [0.25, 0.3) is 0 Å². The quantitative estimate of drug-likeness (QED) is 0.455. The standard InChI is InChI=1S/C25H34BrN3O4S/c1-6-18(3)27-25(31)19(4)28(16-20-11-10-13-22(26)15-20)24(30)17-29(34(5,32)33)23-14-9-8-12-21(23)7-2/h8-15,18-19H,6-7,16-17H2,1-5H3,(H,27,31)/t18-,19-/m1/s1. The number of nitrogens with zero attached hydrogens (tertiary/aromatic N) is 2. The molecule has 0 heterocycles. The van der Waals surface area contributed by atoms with E-state index < -0.39 is 28.5 Å². The number of para-hydroxylation sites is 1. The first-order valence-corrected chi connectivity index (χ1v) is 14.0. The number of halogens is 1. The molecule has 0 unspecified atom stereocenters. The number of sulfonamides is 1. The second kappa shape index (κ2) is 12.4. The molecule has 0 aliphatic heterocycles. The Labute approximate surface area is 211 Å². The van der Waals surface area contributed by atoms with Gasteiger partial charge in [0.05, 0.1) is 11.9 Å². The minimum absolute atomic E-state index is 0.0401. The van der Waals surface area contributed by atoms with Crippen molar-refractivity contribution < 1.29 is 18.0 Å². The topological polar surface area (TPSA) is 86.8 Å². The van der Waals surface area contributed by atoms with Crippen LogP contribution >= 0.6 is 15.9 Å². The maximum atomic E-state index is 13.6. The number of amides is 2. The predicted molar refractivity (Wildman–Crippen MR) is 140 cm³/mol. The largest absolute Gasteiger partial charge is 0.352 e. The van der Waals surface area contributed by atoms with Crippen molar-refractivity contribution in [3.63, 3.8) is 0 Å². The van der Waals surface area contributed by atoms with Crippen molar-refractivity contribution in [3.8, 4) is 0 Å². The Balaban J connectivity index is 2.42. The van der Waals surface area contributed by atoms with Crippen LogP contribution in [-0.2, 0) is 32.6 Å². The molecule has 0 spiro atoms. The maximum Gasteiger partial charge on any atom is 0.244 e. The van der Waals surface area contributed by atoms with E-state index in [1.807, 2.05) is 57.2 Å². The summed E-state index contributed by atoms with van der Waals surface area (Å²) in [6.07, 6.45) is 2.46. The van der Waals surface area contributed by atoms with Gasteiger partial charge < -0.3 is 10.2 Å². The number of hydrogen-bond donors (Lipinski definition) is 1. The van der Waals surface area contributed by atoms with Gasteiger partial charge in [0.2, 0.25) is 21.8 Å². The highest BCUT2D eigenvalue weighted by Gasteiger charge is 2.31. The minimum atomic E-state index is -3.75. The van der Waals surface area contributed by atoms with Crippen LogP contribution in [0.25, 0.3) is 0 Å². The summed E-state index contributed by atoms with van der Waals surface area (Å²) in [4.78, 5) is 28.0. The first-order chi connectivity index (χ1) is 16.0. The lowest BCUT2D eigenvalue weighted by molar-refractivity contribution is -0.139. The highest BCUT2D eigenvalue weighted by molar-refractivity contribution is 9.10. The fraction of sp³-hybridized carbons (Fsp3) is 0.440. The third kappa shape index (κ3) is 7.56. The molecule has 2 aromatic rings. The van der Waals surface area contributed by atoms with Gasteiger partial charge in [-0.1, -0.05) is 60.1 Å². The van der Waals surface area contributed by atoms with Crippen molar-refractivity contribution in [2.24, 2.45) is 0 Å². The van der Waals surface area contributed by atoms with Crippen LogP contribution in [0.5, 0.6) is 0 Å². The Morgan fingerprint density at radius 3 is 2.32 bits per heavy atom. The summed E-state index contributed by atoms with van der Waals surface area (Å²) >= 11 is 3.44. The molecule has 2 rings (SSSR count). The van der Waals surface area contributed by atoms with Gasteiger partial charge in [-0.05, 0) is 56.0 Å². The van der Waals surface area contributed by atoms with Gasteiger partial charge in [0, 0.05) is 17.1 Å². The van der Waals surface area contributed by atoms with E-state index in [-0.39, 0.29) is 18.5 Å². The fourth-order valence-electron chi connectivity index (χ4n) is 3.53. The Hall–Kier alpha value is -2.39. The van der Waals surface area contributed by atoms with Gasteiger partial charge in [0.15, 0.2) is 0 Å². The summed E-state index contributed by atoms with van der Waals surface area (Å²) in [5.74, 6) is -0.735. The average Bonchev–Trinajstić information content (AvgIpc) is 2.79. The molecule has 0 aromatic heterocycles. The molecule has 0 saturated heterocycles. The van der Waals surface area contributed by atoms with Crippen LogP contribution in [-0.4, -0.2) is 50.0 Å². The molecular weight excluding hydrogens is 518 g/mol. The van der Waals surface area contributed by atoms with Gasteiger partial charge in [-0.2, -0.15) is 0 Å². The molecule has 34 heavy (non-hydrogen) atoms. The predicted octanol–water partition coefficient (Wildman–Crippen LogP) is 4.11. The van der Waals surface area contributed by atoms with E-state index in [2.05, 4.69) is 21.2 Å². The second-order valence-electron chi connectivity index (χ2n) is 8.40. The van der Waals surface area contributed by atoms with Gasteiger partial charge in [-0.3, -0.25) is 13.9 Å². The first kappa shape index (κ1) is 27.9. The maximum absolute atomic E-state index is 13.6. The summed E-state index contributed by atoms with van der Waals surface area (Å²) in [5.41, 5.74) is 2.12. The van der Waals surface area contributed by atoms with E-state index >= 15 is 0 Å². The number of anilines is 1. The van der Waals surface area contributed by atoms with Crippen molar-refractivity contribution in [1.29, 1.82) is 0 Å². The summed E-state index contributed by atoms with van der Waals surface area (Å²) in [6, 6.07) is 13.8. The summed E-state index contributed by atoms with van der Waals surface area (Å²) < 4.78 is 27.4. The fourth-order valence-corrected chi connectivity index (χ4v) is 4.86. The van der Waals surface area contributed by atoms with Gasteiger partial charge in [-0.15, -0.1) is 0 Å². The molecule has 0 saturated carbocycles. The molecule has 0 aliphatic carbocycles. The zero-order valence-electron chi connectivity index (χ0n) is 20.4.